The van der Waals surface area contributed by atoms with Crippen LogP contribution in [0.4, 0.5) is 0 Å². The Kier molecular flexibility index (Phi) is 7.59. The average Bonchev–Trinajstić information content (AvgIpc) is 2.50. The lowest BCUT2D eigenvalue weighted by atomic mass is 9.75. The van der Waals surface area contributed by atoms with Gasteiger partial charge in [0.15, 0.2) is 0 Å². The Hall–Kier alpha value is -1.36. The van der Waals surface area contributed by atoms with E-state index in [2.05, 4.69) is 48.5 Å². The van der Waals surface area contributed by atoms with Gasteiger partial charge in [-0.2, -0.15) is 5.26 Å². The molecule has 0 aliphatic carbocycles. The molecule has 1 fully saturated rings. The first-order valence-electron chi connectivity index (χ1n) is 8.29. The summed E-state index contributed by atoms with van der Waals surface area (Å²) in [5.74, 6) is 6.78. The summed E-state index contributed by atoms with van der Waals surface area (Å²) < 4.78 is 0. The summed E-state index contributed by atoms with van der Waals surface area (Å²) in [4.78, 5) is 16.9. The van der Waals surface area contributed by atoms with Gasteiger partial charge in [0.2, 0.25) is 0 Å². The van der Waals surface area contributed by atoms with Gasteiger partial charge in [-0.3, -0.25) is 14.6 Å². The zero-order valence-electron chi connectivity index (χ0n) is 14.5. The topological polar surface area (TPSA) is 47.3 Å². The van der Waals surface area contributed by atoms with Crippen LogP contribution in [0.15, 0.2) is 0 Å². The van der Waals surface area contributed by atoms with Crippen LogP contribution in [0.5, 0.6) is 0 Å². The van der Waals surface area contributed by atoms with Crippen molar-refractivity contribution in [3.63, 3.8) is 0 Å². The number of hydrogen-bond acceptors (Lipinski definition) is 4. The van der Waals surface area contributed by atoms with Crippen LogP contribution in [0.2, 0.25) is 0 Å². The molecule has 0 radical (unpaired) electrons. The molecule has 22 heavy (non-hydrogen) atoms. The molecule has 0 aromatic carbocycles. The molecule has 2 atom stereocenters. The van der Waals surface area contributed by atoms with Crippen LogP contribution >= 0.6 is 0 Å². The van der Waals surface area contributed by atoms with E-state index in [1.165, 1.54) is 0 Å². The molecule has 1 rings (SSSR count). The van der Waals surface area contributed by atoms with E-state index in [9.17, 15) is 4.79 Å². The summed E-state index contributed by atoms with van der Waals surface area (Å²) in [6.07, 6.45) is 1.66. The summed E-state index contributed by atoms with van der Waals surface area (Å²) in [6, 6.07) is 2.40. The fraction of sp³-hybridized carbons (Fsp3) is 0.778. The van der Waals surface area contributed by atoms with E-state index in [-0.39, 0.29) is 11.5 Å². The summed E-state index contributed by atoms with van der Waals surface area (Å²) in [5.41, 5.74) is -0.386. The summed E-state index contributed by atoms with van der Waals surface area (Å²) in [7, 11) is 0. The highest BCUT2D eigenvalue weighted by atomic mass is 16.1. The number of piperidine rings is 1. The maximum atomic E-state index is 12.3. The minimum Gasteiger partial charge on any atom is -0.299 e. The Labute approximate surface area is 135 Å². The lowest BCUT2D eigenvalue weighted by molar-refractivity contribution is -0.135. The number of hydrogen-bond donors (Lipinski definition) is 0. The normalized spacial score (nSPS) is 25.6. The van der Waals surface area contributed by atoms with Gasteiger partial charge in [-0.05, 0) is 26.4 Å². The predicted molar refractivity (Wildman–Crippen MR) is 89.2 cm³/mol. The molecule has 0 spiro atoms. The zero-order valence-corrected chi connectivity index (χ0v) is 14.5. The van der Waals surface area contributed by atoms with Crippen LogP contribution in [0.1, 0.15) is 47.0 Å². The van der Waals surface area contributed by atoms with Gasteiger partial charge in [0.05, 0.1) is 19.2 Å². The molecule has 1 aliphatic rings. The number of carbonyl (C=O) groups is 1. The lowest BCUT2D eigenvalue weighted by Crippen LogP contribution is -2.52. The summed E-state index contributed by atoms with van der Waals surface area (Å²) >= 11 is 0. The van der Waals surface area contributed by atoms with Gasteiger partial charge in [-0.25, -0.2) is 0 Å². The average molecular weight is 303 g/mol. The molecule has 0 amide bonds. The molecular weight excluding hydrogens is 274 g/mol. The number of likely N-dealkylation sites (tertiary alicyclic amines) is 1. The van der Waals surface area contributed by atoms with Gasteiger partial charge in [0, 0.05) is 30.8 Å². The van der Waals surface area contributed by atoms with Crippen LogP contribution in [-0.2, 0) is 4.79 Å². The third-order valence-electron chi connectivity index (χ3n) is 4.72. The Bertz CT molecular complexity index is 467. The van der Waals surface area contributed by atoms with Crippen molar-refractivity contribution in [1.82, 2.24) is 9.80 Å². The van der Waals surface area contributed by atoms with E-state index in [1.54, 1.807) is 0 Å². The Balaban J connectivity index is 2.61. The van der Waals surface area contributed by atoms with Crippen molar-refractivity contribution < 1.29 is 4.79 Å². The molecule has 0 saturated carbocycles. The van der Waals surface area contributed by atoms with Crippen molar-refractivity contribution in [1.29, 1.82) is 5.26 Å². The van der Waals surface area contributed by atoms with E-state index >= 15 is 0 Å². The summed E-state index contributed by atoms with van der Waals surface area (Å²) in [5, 5.41) is 8.79. The quantitative estimate of drug-likeness (QED) is 0.707. The largest absolute Gasteiger partial charge is 0.299 e. The summed E-state index contributed by atoms with van der Waals surface area (Å²) in [6.45, 7) is 12.6. The molecule has 1 aliphatic heterocycles. The molecule has 4 nitrogen and oxygen atoms in total. The number of nitriles is 1. The molecule has 0 bridgehead atoms. The highest BCUT2D eigenvalue weighted by Crippen LogP contribution is 2.33. The van der Waals surface area contributed by atoms with E-state index in [4.69, 9.17) is 5.26 Å². The molecular formula is C18H29N3O. The van der Waals surface area contributed by atoms with Crippen LogP contribution in [0.25, 0.3) is 0 Å². The predicted octanol–water partition coefficient (Wildman–Crippen LogP) is 2.30. The monoisotopic (exact) mass is 303 g/mol. The van der Waals surface area contributed by atoms with E-state index in [0.29, 0.717) is 38.1 Å². The van der Waals surface area contributed by atoms with Crippen LogP contribution in [-0.4, -0.2) is 54.3 Å². The van der Waals surface area contributed by atoms with Gasteiger partial charge in [-0.15, -0.1) is 0 Å². The Morgan fingerprint density at radius 2 is 2.05 bits per heavy atom. The van der Waals surface area contributed by atoms with Gasteiger partial charge >= 0.3 is 0 Å². The lowest BCUT2D eigenvalue weighted by Gasteiger charge is -2.42. The van der Waals surface area contributed by atoms with Crippen molar-refractivity contribution in [3.05, 3.63) is 0 Å². The second kappa shape index (κ2) is 8.93. The highest BCUT2D eigenvalue weighted by Gasteiger charge is 2.40. The second-order valence-corrected chi connectivity index (χ2v) is 6.42. The standard InChI is InChI=1S/C18H29N3O/c1-5-20(6-2)12-7-8-13-21-15-18(4,10-9-11-19)17(22)14-16(21)3/h16H,5-6,9-10,12-15H2,1-4H3/t16-,18+/m0/s1. The minimum absolute atomic E-state index is 0.241. The number of carbonyl (C=O) groups excluding carboxylic acids is 1. The molecule has 1 saturated heterocycles. The first kappa shape index (κ1) is 18.7. The van der Waals surface area contributed by atoms with Crippen molar-refractivity contribution in [2.24, 2.45) is 5.41 Å². The molecule has 4 heteroatoms. The fourth-order valence-corrected chi connectivity index (χ4v) is 2.87. The zero-order chi connectivity index (χ0) is 16.6. The minimum atomic E-state index is -0.386. The smallest absolute Gasteiger partial charge is 0.141 e. The van der Waals surface area contributed by atoms with Gasteiger partial charge < -0.3 is 0 Å². The molecule has 0 aromatic heterocycles. The molecule has 122 valence electrons. The molecule has 1 heterocycles. The van der Waals surface area contributed by atoms with Crippen molar-refractivity contribution in [2.75, 3.05) is 32.7 Å². The van der Waals surface area contributed by atoms with E-state index in [0.717, 1.165) is 19.6 Å². The Morgan fingerprint density at radius 1 is 1.36 bits per heavy atom. The maximum absolute atomic E-state index is 12.3. The first-order valence-corrected chi connectivity index (χ1v) is 8.29. The van der Waals surface area contributed by atoms with Gasteiger partial charge in [-0.1, -0.05) is 32.6 Å². The highest BCUT2D eigenvalue weighted by molar-refractivity contribution is 5.86. The van der Waals surface area contributed by atoms with Gasteiger partial charge in [0.1, 0.15) is 5.78 Å². The third kappa shape index (κ3) is 5.13. The Morgan fingerprint density at radius 3 is 2.64 bits per heavy atom. The number of nitrogens with zero attached hydrogens (tertiary/aromatic N) is 3. The van der Waals surface area contributed by atoms with Crippen molar-refractivity contribution in [3.8, 4) is 17.9 Å². The second-order valence-electron chi connectivity index (χ2n) is 6.42. The first-order chi connectivity index (χ1) is 10.5. The van der Waals surface area contributed by atoms with E-state index < -0.39 is 0 Å². The number of ketones is 1. The van der Waals surface area contributed by atoms with Crippen molar-refractivity contribution in [2.45, 2.75) is 53.0 Å². The number of rotatable bonds is 6. The molecule has 0 N–H and O–H groups in total. The fourth-order valence-electron chi connectivity index (χ4n) is 2.87. The molecule has 0 unspecified atom stereocenters. The maximum Gasteiger partial charge on any atom is 0.141 e. The SMILES string of the molecule is CCN(CC)CC#CCN1C[C@@](C)(CCC#N)C(=O)C[C@@H]1C. The van der Waals surface area contributed by atoms with Gasteiger partial charge in [0.25, 0.3) is 0 Å². The third-order valence-corrected chi connectivity index (χ3v) is 4.72. The van der Waals surface area contributed by atoms with E-state index in [1.807, 2.05) is 6.92 Å². The van der Waals surface area contributed by atoms with Crippen LogP contribution < -0.4 is 0 Å². The van der Waals surface area contributed by atoms with Crippen LogP contribution in [0, 0.1) is 28.6 Å². The number of Topliss-reactive ketones (excluding diaryl/α,β-unsaturated/α-hetero) is 1. The molecule has 0 aromatic rings. The van der Waals surface area contributed by atoms with Crippen molar-refractivity contribution >= 4 is 5.78 Å². The van der Waals surface area contributed by atoms with Crippen LogP contribution in [0.3, 0.4) is 0 Å².